The van der Waals surface area contributed by atoms with Crippen molar-refractivity contribution in [2.45, 2.75) is 4.90 Å². The summed E-state index contributed by atoms with van der Waals surface area (Å²) in [6.45, 7) is 0.259. The molecule has 4 rings (SSSR count). The molecule has 0 radical (unpaired) electrons. The Kier molecular flexibility index (Phi) is 3.04. The van der Waals surface area contributed by atoms with Crippen LogP contribution in [0, 0.1) is 0 Å². The summed E-state index contributed by atoms with van der Waals surface area (Å²) in [4.78, 5) is 19.3. The van der Waals surface area contributed by atoms with E-state index in [1.807, 2.05) is 24.1 Å². The summed E-state index contributed by atoms with van der Waals surface area (Å²) in [7, 11) is 1.93. The van der Waals surface area contributed by atoms with Gasteiger partial charge in [-0.1, -0.05) is 11.8 Å². The zero-order chi connectivity index (χ0) is 15.1. The van der Waals surface area contributed by atoms with Crippen molar-refractivity contribution in [1.29, 1.82) is 0 Å². The van der Waals surface area contributed by atoms with Gasteiger partial charge in [0.25, 0.3) is 0 Å². The van der Waals surface area contributed by atoms with Crippen molar-refractivity contribution >= 4 is 23.2 Å². The number of carbonyl (C=O) groups excluding carboxylic acids is 1. The number of pyridine rings is 1. The molecule has 2 aliphatic rings. The van der Waals surface area contributed by atoms with Crippen LogP contribution < -0.4 is 14.4 Å². The third-order valence-electron chi connectivity index (χ3n) is 3.56. The number of carbonyl (C=O) groups is 1. The fraction of sp³-hybridized carbons (Fsp3) is 0.125. The van der Waals surface area contributed by atoms with E-state index >= 15 is 0 Å². The van der Waals surface area contributed by atoms with Crippen molar-refractivity contribution in [3.63, 3.8) is 0 Å². The second kappa shape index (κ2) is 5.06. The monoisotopic (exact) mass is 312 g/mol. The van der Waals surface area contributed by atoms with Crippen molar-refractivity contribution in [2.24, 2.45) is 0 Å². The number of allylic oxidation sites excluding steroid dienone is 1. The number of rotatable bonds is 2. The smallest absolute Gasteiger partial charge is 0.231 e. The first kappa shape index (κ1) is 13.2. The van der Waals surface area contributed by atoms with Gasteiger partial charge in [0.1, 0.15) is 0 Å². The Hall–Kier alpha value is -2.47. The molecule has 1 aromatic heterocycles. The average Bonchev–Trinajstić information content (AvgIpc) is 3.11. The van der Waals surface area contributed by atoms with Gasteiger partial charge < -0.3 is 14.4 Å². The largest absolute Gasteiger partial charge is 0.454 e. The predicted octanol–water partition coefficient (Wildman–Crippen LogP) is 3.08. The molecule has 2 aromatic rings. The number of ketones is 1. The lowest BCUT2D eigenvalue weighted by Gasteiger charge is -2.13. The Balaban J connectivity index is 1.66. The number of ether oxygens (including phenoxy) is 2. The van der Waals surface area contributed by atoms with Crippen LogP contribution in [0.2, 0.25) is 0 Å². The molecular formula is C16H12N2O3S. The number of hydrogen-bond donors (Lipinski definition) is 0. The fourth-order valence-corrected chi connectivity index (χ4v) is 3.48. The van der Waals surface area contributed by atoms with E-state index in [4.69, 9.17) is 9.47 Å². The van der Waals surface area contributed by atoms with Gasteiger partial charge in [-0.25, -0.2) is 0 Å². The van der Waals surface area contributed by atoms with Crippen molar-refractivity contribution < 1.29 is 14.3 Å². The molecule has 0 unspecified atom stereocenters. The maximum Gasteiger partial charge on any atom is 0.231 e. The molecule has 0 saturated heterocycles. The lowest BCUT2D eigenvalue weighted by Crippen LogP contribution is -2.11. The van der Waals surface area contributed by atoms with E-state index in [-0.39, 0.29) is 12.6 Å². The van der Waals surface area contributed by atoms with E-state index in [9.17, 15) is 4.79 Å². The van der Waals surface area contributed by atoms with E-state index in [1.54, 1.807) is 42.4 Å². The summed E-state index contributed by atoms with van der Waals surface area (Å²) in [6.07, 6.45) is 4.86. The summed E-state index contributed by atoms with van der Waals surface area (Å²) in [5.74, 6) is 1.43. The van der Waals surface area contributed by atoms with Crippen molar-refractivity contribution in [3.8, 4) is 11.5 Å². The highest BCUT2D eigenvalue weighted by Crippen LogP contribution is 2.50. The SMILES string of the molecule is CN1/C(=C/C(=O)c2cccnc2)Sc2cc3c(cc21)OCO3. The summed E-state index contributed by atoms with van der Waals surface area (Å²) in [6, 6.07) is 7.41. The number of hydrogen-bond acceptors (Lipinski definition) is 6. The first-order valence-electron chi connectivity index (χ1n) is 6.73. The maximum absolute atomic E-state index is 12.3. The van der Waals surface area contributed by atoms with Gasteiger partial charge in [0.15, 0.2) is 17.3 Å². The maximum atomic E-state index is 12.3. The van der Waals surface area contributed by atoms with Gasteiger partial charge in [0, 0.05) is 48.1 Å². The minimum absolute atomic E-state index is 0.0599. The van der Waals surface area contributed by atoms with E-state index in [1.165, 1.54) is 0 Å². The van der Waals surface area contributed by atoms with Crippen LogP contribution in [0.25, 0.3) is 0 Å². The van der Waals surface area contributed by atoms with E-state index in [2.05, 4.69) is 4.98 Å². The summed E-state index contributed by atoms with van der Waals surface area (Å²) >= 11 is 1.54. The fourth-order valence-electron chi connectivity index (χ4n) is 2.39. The van der Waals surface area contributed by atoms with Crippen LogP contribution >= 0.6 is 11.8 Å². The number of anilines is 1. The molecule has 0 bridgehead atoms. The first-order valence-corrected chi connectivity index (χ1v) is 7.55. The van der Waals surface area contributed by atoms with Crippen molar-refractivity contribution in [1.82, 2.24) is 4.98 Å². The molecule has 0 atom stereocenters. The summed E-state index contributed by atoms with van der Waals surface area (Å²) in [5, 5.41) is 0.868. The minimum atomic E-state index is -0.0599. The van der Waals surface area contributed by atoms with Crippen LogP contribution in [0.1, 0.15) is 10.4 Å². The first-order chi connectivity index (χ1) is 10.7. The number of fused-ring (bicyclic) bond motifs is 2. The molecule has 0 fully saturated rings. The minimum Gasteiger partial charge on any atom is -0.454 e. The second-order valence-corrected chi connectivity index (χ2v) is 5.99. The Bertz CT molecular complexity index is 789. The number of nitrogens with zero attached hydrogens (tertiary/aromatic N) is 2. The molecule has 110 valence electrons. The second-order valence-electron chi connectivity index (χ2n) is 4.92. The molecule has 3 heterocycles. The molecule has 1 aromatic carbocycles. The lowest BCUT2D eigenvalue weighted by atomic mass is 10.2. The topological polar surface area (TPSA) is 51.7 Å². The molecule has 5 nitrogen and oxygen atoms in total. The average molecular weight is 312 g/mol. The van der Waals surface area contributed by atoms with Crippen LogP contribution in [-0.4, -0.2) is 24.6 Å². The quantitative estimate of drug-likeness (QED) is 0.627. The molecule has 6 heteroatoms. The van der Waals surface area contributed by atoms with Crippen LogP contribution in [0.3, 0.4) is 0 Å². The molecule has 2 aliphatic heterocycles. The van der Waals surface area contributed by atoms with Crippen LogP contribution in [0.5, 0.6) is 11.5 Å². The highest BCUT2D eigenvalue weighted by Gasteiger charge is 2.27. The molecular weight excluding hydrogens is 300 g/mol. The van der Waals surface area contributed by atoms with Gasteiger partial charge in [0.2, 0.25) is 6.79 Å². The Morgan fingerprint density at radius 3 is 2.95 bits per heavy atom. The van der Waals surface area contributed by atoms with Crippen LogP contribution in [0.15, 0.2) is 52.7 Å². The van der Waals surface area contributed by atoms with Gasteiger partial charge in [-0.3, -0.25) is 9.78 Å². The zero-order valence-electron chi connectivity index (χ0n) is 11.8. The standard InChI is InChI=1S/C16H12N2O3S/c1-18-11-5-13-14(21-9-20-13)7-15(11)22-16(18)6-12(19)10-3-2-4-17-8-10/h2-8H,9H2,1H3/b16-6-. The normalized spacial score (nSPS) is 17.0. The molecule has 0 N–H and O–H groups in total. The number of aromatic nitrogens is 1. The van der Waals surface area contributed by atoms with Crippen molar-refractivity contribution in [2.75, 3.05) is 18.7 Å². The summed E-state index contributed by atoms with van der Waals surface area (Å²) in [5.41, 5.74) is 1.59. The molecule has 22 heavy (non-hydrogen) atoms. The van der Waals surface area contributed by atoms with Crippen molar-refractivity contribution in [3.05, 3.63) is 53.3 Å². The lowest BCUT2D eigenvalue weighted by molar-refractivity contribution is 0.104. The third kappa shape index (κ3) is 2.12. The van der Waals surface area contributed by atoms with Gasteiger partial charge in [-0.15, -0.1) is 0 Å². The predicted molar refractivity (Wildman–Crippen MR) is 83.5 cm³/mol. The highest BCUT2D eigenvalue weighted by molar-refractivity contribution is 8.03. The third-order valence-corrected chi connectivity index (χ3v) is 4.71. The van der Waals surface area contributed by atoms with Crippen LogP contribution in [0.4, 0.5) is 5.69 Å². The Labute approximate surface area is 131 Å². The highest BCUT2D eigenvalue weighted by atomic mass is 32.2. The Morgan fingerprint density at radius 1 is 1.36 bits per heavy atom. The van der Waals surface area contributed by atoms with Gasteiger partial charge in [-0.2, -0.15) is 0 Å². The van der Waals surface area contributed by atoms with Gasteiger partial charge in [0.05, 0.1) is 10.7 Å². The zero-order valence-corrected chi connectivity index (χ0v) is 12.6. The number of benzene rings is 1. The molecule has 0 saturated carbocycles. The van der Waals surface area contributed by atoms with Gasteiger partial charge in [-0.05, 0) is 12.1 Å². The summed E-state index contributed by atoms with van der Waals surface area (Å²) < 4.78 is 10.8. The van der Waals surface area contributed by atoms with Crippen LogP contribution in [-0.2, 0) is 0 Å². The van der Waals surface area contributed by atoms with E-state index < -0.39 is 0 Å². The molecule has 0 aliphatic carbocycles. The van der Waals surface area contributed by atoms with Gasteiger partial charge >= 0.3 is 0 Å². The number of thioether (sulfide) groups is 1. The molecule has 0 amide bonds. The Morgan fingerprint density at radius 2 is 2.18 bits per heavy atom. The molecule has 0 spiro atoms. The van der Waals surface area contributed by atoms with E-state index in [0.29, 0.717) is 5.56 Å². The van der Waals surface area contributed by atoms with E-state index in [0.717, 1.165) is 27.1 Å².